The third-order valence-corrected chi connectivity index (χ3v) is 4.80. The van der Waals surface area contributed by atoms with E-state index in [1.165, 1.54) is 0 Å². The molecule has 0 radical (unpaired) electrons. The van der Waals surface area contributed by atoms with Gasteiger partial charge in [-0.05, 0) is 48.9 Å². The molecule has 5 nitrogen and oxygen atoms in total. The highest BCUT2D eigenvalue weighted by Gasteiger charge is 2.16. The van der Waals surface area contributed by atoms with Gasteiger partial charge in [-0.1, -0.05) is 6.07 Å². The lowest BCUT2D eigenvalue weighted by atomic mass is 10.1. The van der Waals surface area contributed by atoms with Crippen LogP contribution in [0.15, 0.2) is 47.4 Å². The van der Waals surface area contributed by atoms with Crippen molar-refractivity contribution < 1.29 is 18.5 Å². The average Bonchev–Trinajstić information content (AvgIpc) is 2.61. The summed E-state index contributed by atoms with van der Waals surface area (Å²) in [6.45, 7) is 3.00. The quantitative estimate of drug-likeness (QED) is 0.925. The smallest absolute Gasteiger partial charge is 0.251 e. The van der Waals surface area contributed by atoms with E-state index < -0.39 is 10.8 Å². The van der Waals surface area contributed by atoms with Crippen LogP contribution in [-0.4, -0.2) is 29.6 Å². The Morgan fingerprint density at radius 1 is 1.08 bits per heavy atom. The van der Waals surface area contributed by atoms with Crippen LogP contribution in [0.4, 0.5) is 0 Å². The van der Waals surface area contributed by atoms with Gasteiger partial charge in [-0.3, -0.25) is 9.00 Å². The van der Waals surface area contributed by atoms with Gasteiger partial charge in [0.25, 0.3) is 5.91 Å². The van der Waals surface area contributed by atoms with Crippen LogP contribution in [0.1, 0.15) is 28.9 Å². The van der Waals surface area contributed by atoms with Crippen molar-refractivity contribution in [1.82, 2.24) is 5.32 Å². The Morgan fingerprint density at radius 3 is 2.42 bits per heavy atom. The van der Waals surface area contributed by atoms with Gasteiger partial charge in [-0.25, -0.2) is 0 Å². The molecule has 0 aliphatic carbocycles. The molecule has 126 valence electrons. The fourth-order valence-electron chi connectivity index (χ4n) is 2.49. The first-order chi connectivity index (χ1) is 11.5. The highest BCUT2D eigenvalue weighted by molar-refractivity contribution is 7.84. The molecule has 2 unspecified atom stereocenters. The zero-order chi connectivity index (χ0) is 17.1. The largest absolute Gasteiger partial charge is 0.486 e. The van der Waals surface area contributed by atoms with E-state index in [0.717, 1.165) is 11.3 Å². The third kappa shape index (κ3) is 3.59. The summed E-state index contributed by atoms with van der Waals surface area (Å²) in [5.41, 5.74) is 1.48. The molecular weight excluding hydrogens is 326 g/mol. The molecule has 2 atom stereocenters. The Morgan fingerprint density at radius 2 is 1.75 bits per heavy atom. The van der Waals surface area contributed by atoms with Gasteiger partial charge >= 0.3 is 0 Å². The third-order valence-electron chi connectivity index (χ3n) is 3.86. The number of hydrogen-bond acceptors (Lipinski definition) is 4. The van der Waals surface area contributed by atoms with Crippen LogP contribution >= 0.6 is 0 Å². The second-order valence-corrected chi connectivity index (χ2v) is 6.96. The van der Waals surface area contributed by atoms with Crippen LogP contribution < -0.4 is 14.8 Å². The molecule has 0 saturated carbocycles. The molecule has 2 aromatic carbocycles. The summed E-state index contributed by atoms with van der Waals surface area (Å²) < 4.78 is 22.5. The van der Waals surface area contributed by atoms with E-state index in [0.29, 0.717) is 29.4 Å². The maximum absolute atomic E-state index is 12.4. The first-order valence-corrected chi connectivity index (χ1v) is 9.24. The molecule has 0 aromatic heterocycles. The monoisotopic (exact) mass is 345 g/mol. The molecule has 24 heavy (non-hydrogen) atoms. The number of hydrogen-bond donors (Lipinski definition) is 1. The minimum absolute atomic E-state index is 0.173. The van der Waals surface area contributed by atoms with Crippen LogP contribution in [0, 0.1) is 0 Å². The van der Waals surface area contributed by atoms with Crippen LogP contribution in [0.25, 0.3) is 0 Å². The van der Waals surface area contributed by atoms with E-state index in [1.54, 1.807) is 30.5 Å². The predicted octanol–water partition coefficient (Wildman–Crippen LogP) is 2.69. The van der Waals surface area contributed by atoms with Crippen molar-refractivity contribution >= 4 is 16.7 Å². The molecule has 2 aromatic rings. The molecule has 1 amide bonds. The van der Waals surface area contributed by atoms with E-state index in [9.17, 15) is 9.00 Å². The van der Waals surface area contributed by atoms with Crippen molar-refractivity contribution in [3.8, 4) is 11.5 Å². The molecule has 1 aliphatic heterocycles. The number of carbonyl (C=O) groups is 1. The first-order valence-electron chi connectivity index (χ1n) is 7.68. The molecular formula is C18H19NO4S. The molecule has 1 aliphatic rings. The van der Waals surface area contributed by atoms with Crippen molar-refractivity contribution in [2.45, 2.75) is 17.9 Å². The van der Waals surface area contributed by atoms with Gasteiger partial charge in [0, 0.05) is 27.5 Å². The number of nitrogens with one attached hydrogen (secondary N) is 1. The van der Waals surface area contributed by atoms with Crippen LogP contribution in [0.3, 0.4) is 0 Å². The summed E-state index contributed by atoms with van der Waals surface area (Å²) in [4.78, 5) is 13.1. The lowest BCUT2D eigenvalue weighted by molar-refractivity contribution is 0.0939. The number of rotatable bonds is 4. The highest BCUT2D eigenvalue weighted by Crippen LogP contribution is 2.32. The fourth-order valence-corrected chi connectivity index (χ4v) is 3.01. The lowest BCUT2D eigenvalue weighted by Gasteiger charge is -2.21. The summed E-state index contributed by atoms with van der Waals surface area (Å²) in [5, 5.41) is 2.96. The first kappa shape index (κ1) is 16.5. The van der Waals surface area contributed by atoms with Crippen LogP contribution in [-0.2, 0) is 10.8 Å². The maximum atomic E-state index is 12.4. The van der Waals surface area contributed by atoms with Gasteiger partial charge < -0.3 is 14.8 Å². The van der Waals surface area contributed by atoms with E-state index in [2.05, 4.69) is 5.32 Å². The fraction of sp³-hybridized carbons (Fsp3) is 0.278. The van der Waals surface area contributed by atoms with Gasteiger partial charge in [0.15, 0.2) is 11.5 Å². The molecule has 0 bridgehead atoms. The number of amides is 1. The van der Waals surface area contributed by atoms with Crippen molar-refractivity contribution in [2.24, 2.45) is 0 Å². The number of fused-ring (bicyclic) bond motifs is 1. The number of ether oxygens (including phenoxy) is 2. The predicted molar refractivity (Wildman–Crippen MR) is 92.1 cm³/mol. The molecule has 1 N–H and O–H groups in total. The average molecular weight is 345 g/mol. The highest BCUT2D eigenvalue weighted by atomic mass is 32.2. The molecule has 3 rings (SSSR count). The lowest BCUT2D eigenvalue weighted by Crippen LogP contribution is -2.26. The van der Waals surface area contributed by atoms with Gasteiger partial charge in [0.05, 0.1) is 6.04 Å². The van der Waals surface area contributed by atoms with Crippen LogP contribution in [0.5, 0.6) is 11.5 Å². The number of carbonyl (C=O) groups excluding carboxylic acids is 1. The van der Waals surface area contributed by atoms with Crippen molar-refractivity contribution in [2.75, 3.05) is 19.5 Å². The Bertz CT molecular complexity index is 773. The summed E-state index contributed by atoms with van der Waals surface area (Å²) >= 11 is 0. The maximum Gasteiger partial charge on any atom is 0.251 e. The Kier molecular flexibility index (Phi) is 4.85. The van der Waals surface area contributed by atoms with E-state index in [1.807, 2.05) is 25.1 Å². The van der Waals surface area contributed by atoms with Gasteiger partial charge in [0.2, 0.25) is 0 Å². The summed E-state index contributed by atoms with van der Waals surface area (Å²) in [6, 6.07) is 12.3. The topological polar surface area (TPSA) is 64.6 Å². The van der Waals surface area contributed by atoms with Crippen LogP contribution in [0.2, 0.25) is 0 Å². The Hall–Kier alpha value is -2.34. The van der Waals surface area contributed by atoms with Gasteiger partial charge in [-0.2, -0.15) is 0 Å². The molecule has 6 heteroatoms. The SMILES string of the molecule is CC(NC(=O)c1ccc(S(C)=O)cc1)c1ccc2c(c1)OCCO2. The van der Waals surface area contributed by atoms with Crippen molar-refractivity contribution in [3.63, 3.8) is 0 Å². The van der Waals surface area contributed by atoms with Gasteiger partial charge in [0.1, 0.15) is 13.2 Å². The standard InChI is InChI=1S/C18H19NO4S/c1-12(14-5-8-16-17(11-14)23-10-9-22-16)19-18(20)13-3-6-15(7-4-13)24(2)21/h3-8,11-12H,9-10H2,1-2H3,(H,19,20). The second-order valence-electron chi connectivity index (χ2n) is 5.58. The summed E-state index contributed by atoms with van der Waals surface area (Å²) in [5.74, 6) is 1.26. The normalized spacial score (nSPS) is 15.4. The summed E-state index contributed by atoms with van der Waals surface area (Å²) in [6.07, 6.45) is 1.61. The van der Waals surface area contributed by atoms with Crippen molar-refractivity contribution in [3.05, 3.63) is 53.6 Å². The number of benzene rings is 2. The van der Waals surface area contributed by atoms with Crippen molar-refractivity contribution in [1.29, 1.82) is 0 Å². The van der Waals surface area contributed by atoms with E-state index >= 15 is 0 Å². The minimum Gasteiger partial charge on any atom is -0.486 e. The van der Waals surface area contributed by atoms with Gasteiger partial charge in [-0.15, -0.1) is 0 Å². The zero-order valence-corrected chi connectivity index (χ0v) is 14.4. The molecule has 0 spiro atoms. The van der Waals surface area contributed by atoms with E-state index in [4.69, 9.17) is 9.47 Å². The molecule has 0 fully saturated rings. The molecule has 1 heterocycles. The Balaban J connectivity index is 1.70. The summed E-state index contributed by atoms with van der Waals surface area (Å²) in [7, 11) is -1.05. The zero-order valence-electron chi connectivity index (χ0n) is 13.6. The Labute approximate surface area is 143 Å². The molecule has 0 saturated heterocycles. The minimum atomic E-state index is -1.05. The second kappa shape index (κ2) is 7.05. The van der Waals surface area contributed by atoms with E-state index in [-0.39, 0.29) is 11.9 Å².